The molecule has 0 radical (unpaired) electrons. The number of imidazole rings is 1. The second-order valence-electron chi connectivity index (χ2n) is 3.28. The molecule has 1 aromatic carbocycles. The molecule has 2 rings (SSSR count). The summed E-state index contributed by atoms with van der Waals surface area (Å²) in [5.41, 5.74) is -0.0298. The number of alkyl halides is 3. The summed E-state index contributed by atoms with van der Waals surface area (Å²) in [6.45, 7) is 0. The van der Waals surface area contributed by atoms with Gasteiger partial charge in [-0.1, -0.05) is 0 Å². The number of benzene rings is 1. The number of aromatic nitrogens is 2. The third-order valence-corrected chi connectivity index (χ3v) is 2.13. The number of halogens is 3. The van der Waals surface area contributed by atoms with E-state index in [-0.39, 0.29) is 11.9 Å². The molecule has 1 heterocycles. The number of hydrogen-bond acceptors (Lipinski definition) is 2. The fraction of sp³-hybridized carbons (Fsp3) is 0.200. The van der Waals surface area contributed by atoms with E-state index in [0.29, 0.717) is 17.6 Å². The molecule has 0 aliphatic rings. The maximum Gasteiger partial charge on any atom is 0.416 e. The van der Waals surface area contributed by atoms with E-state index in [9.17, 15) is 18.0 Å². The van der Waals surface area contributed by atoms with Crippen molar-refractivity contribution in [3.8, 4) is 0 Å². The number of H-pyrrole nitrogens is 1. The molecule has 1 aromatic heterocycles. The highest BCUT2D eigenvalue weighted by Crippen LogP contribution is 2.30. The molecule has 1 N–H and O–H groups in total. The normalized spacial score (nSPS) is 11.9. The minimum absolute atomic E-state index is 0.0655. The first-order valence-corrected chi connectivity index (χ1v) is 4.50. The van der Waals surface area contributed by atoms with Crippen LogP contribution in [-0.2, 0) is 17.4 Å². The molecule has 0 unspecified atom stereocenters. The Morgan fingerprint density at radius 1 is 1.38 bits per heavy atom. The van der Waals surface area contributed by atoms with Gasteiger partial charge in [0.2, 0.25) is 0 Å². The van der Waals surface area contributed by atoms with Crippen molar-refractivity contribution in [1.82, 2.24) is 9.97 Å². The molecular weight excluding hydrogens is 221 g/mol. The highest BCUT2D eigenvalue weighted by atomic mass is 19.4. The van der Waals surface area contributed by atoms with Crippen LogP contribution in [-0.4, -0.2) is 16.3 Å². The summed E-state index contributed by atoms with van der Waals surface area (Å²) in [6, 6.07) is 3.23. The third-order valence-electron chi connectivity index (χ3n) is 2.13. The van der Waals surface area contributed by atoms with Crippen LogP contribution in [0.3, 0.4) is 0 Å². The standard InChI is InChI=1S/C10H7F3N2O/c11-10(12,13)6-1-2-7-8(5-6)15-9(14-7)3-4-16/h1-2,4-5H,3H2,(H,14,15). The van der Waals surface area contributed by atoms with E-state index in [1.807, 2.05) is 0 Å². The predicted octanol–water partition coefficient (Wildman–Crippen LogP) is 2.32. The topological polar surface area (TPSA) is 45.8 Å². The Balaban J connectivity index is 2.49. The minimum atomic E-state index is -4.37. The highest BCUT2D eigenvalue weighted by Gasteiger charge is 2.30. The second-order valence-corrected chi connectivity index (χ2v) is 3.28. The molecule has 0 aliphatic carbocycles. The Bertz CT molecular complexity index is 530. The van der Waals surface area contributed by atoms with Gasteiger partial charge in [0.05, 0.1) is 23.0 Å². The van der Waals surface area contributed by atoms with Crippen LogP contribution in [0.15, 0.2) is 18.2 Å². The van der Waals surface area contributed by atoms with E-state index in [2.05, 4.69) is 9.97 Å². The van der Waals surface area contributed by atoms with E-state index in [1.165, 1.54) is 6.07 Å². The number of nitrogens with zero attached hydrogens (tertiary/aromatic N) is 1. The molecule has 16 heavy (non-hydrogen) atoms. The molecule has 3 nitrogen and oxygen atoms in total. The fourth-order valence-corrected chi connectivity index (χ4v) is 1.41. The first-order valence-electron chi connectivity index (χ1n) is 4.50. The van der Waals surface area contributed by atoms with Gasteiger partial charge in [0.1, 0.15) is 12.1 Å². The number of carbonyl (C=O) groups excluding carboxylic acids is 1. The summed E-state index contributed by atoms with van der Waals surface area (Å²) in [7, 11) is 0. The third kappa shape index (κ3) is 1.91. The highest BCUT2D eigenvalue weighted by molar-refractivity contribution is 5.76. The van der Waals surface area contributed by atoms with Crippen LogP contribution in [0.1, 0.15) is 11.4 Å². The molecule has 84 valence electrons. The molecule has 0 bridgehead atoms. The van der Waals surface area contributed by atoms with Gasteiger partial charge in [-0.2, -0.15) is 13.2 Å². The maximum atomic E-state index is 12.4. The van der Waals surface area contributed by atoms with Gasteiger partial charge in [-0.25, -0.2) is 4.98 Å². The van der Waals surface area contributed by atoms with Crippen molar-refractivity contribution in [1.29, 1.82) is 0 Å². The van der Waals surface area contributed by atoms with E-state index in [0.717, 1.165) is 12.1 Å². The van der Waals surface area contributed by atoms with Crippen molar-refractivity contribution in [2.45, 2.75) is 12.6 Å². The largest absolute Gasteiger partial charge is 0.416 e. The average molecular weight is 228 g/mol. The van der Waals surface area contributed by atoms with Crippen LogP contribution in [0.5, 0.6) is 0 Å². The van der Waals surface area contributed by atoms with Crippen molar-refractivity contribution in [2.75, 3.05) is 0 Å². The summed E-state index contributed by atoms with van der Waals surface area (Å²) < 4.78 is 37.1. The molecule has 0 atom stereocenters. The van der Waals surface area contributed by atoms with E-state index in [4.69, 9.17) is 0 Å². The Morgan fingerprint density at radius 2 is 2.12 bits per heavy atom. The van der Waals surface area contributed by atoms with Crippen molar-refractivity contribution in [2.24, 2.45) is 0 Å². The van der Waals surface area contributed by atoms with Crippen LogP contribution >= 0.6 is 0 Å². The summed E-state index contributed by atoms with van der Waals surface area (Å²) in [6.07, 6.45) is -3.66. The minimum Gasteiger partial charge on any atom is -0.342 e. The predicted molar refractivity (Wildman–Crippen MR) is 50.9 cm³/mol. The van der Waals surface area contributed by atoms with Crippen molar-refractivity contribution < 1.29 is 18.0 Å². The van der Waals surface area contributed by atoms with Gasteiger partial charge in [-0.05, 0) is 18.2 Å². The number of carbonyl (C=O) groups is 1. The molecular formula is C10H7F3N2O. The van der Waals surface area contributed by atoms with E-state index < -0.39 is 11.7 Å². The van der Waals surface area contributed by atoms with Gasteiger partial charge < -0.3 is 9.78 Å². The second kappa shape index (κ2) is 3.62. The van der Waals surface area contributed by atoms with Gasteiger partial charge in [-0.15, -0.1) is 0 Å². The lowest BCUT2D eigenvalue weighted by Crippen LogP contribution is -2.04. The summed E-state index contributed by atoms with van der Waals surface area (Å²) in [4.78, 5) is 16.9. The Labute approximate surface area is 88.3 Å². The van der Waals surface area contributed by atoms with Gasteiger partial charge in [-0.3, -0.25) is 0 Å². The molecule has 0 saturated carbocycles. The lowest BCUT2D eigenvalue weighted by Gasteiger charge is -2.05. The number of hydrogen-bond donors (Lipinski definition) is 1. The smallest absolute Gasteiger partial charge is 0.342 e. The number of fused-ring (bicyclic) bond motifs is 1. The molecule has 0 saturated heterocycles. The van der Waals surface area contributed by atoms with Gasteiger partial charge in [0.25, 0.3) is 0 Å². The summed E-state index contributed by atoms with van der Waals surface area (Å²) in [5.74, 6) is 0.365. The molecule has 0 amide bonds. The first-order chi connectivity index (χ1) is 7.50. The maximum absolute atomic E-state index is 12.4. The van der Waals surface area contributed by atoms with Crippen molar-refractivity contribution in [3.05, 3.63) is 29.6 Å². The van der Waals surface area contributed by atoms with Crippen LogP contribution in [0.4, 0.5) is 13.2 Å². The zero-order valence-corrected chi connectivity index (χ0v) is 8.01. The Hall–Kier alpha value is -1.85. The number of rotatable bonds is 2. The van der Waals surface area contributed by atoms with Crippen LogP contribution < -0.4 is 0 Å². The quantitative estimate of drug-likeness (QED) is 0.802. The lowest BCUT2D eigenvalue weighted by molar-refractivity contribution is -0.137. The monoisotopic (exact) mass is 228 g/mol. The summed E-state index contributed by atoms with van der Waals surface area (Å²) in [5, 5.41) is 0. The number of aromatic amines is 1. The fourth-order valence-electron chi connectivity index (χ4n) is 1.41. The molecule has 6 heteroatoms. The lowest BCUT2D eigenvalue weighted by atomic mass is 10.2. The van der Waals surface area contributed by atoms with Crippen LogP contribution in [0.25, 0.3) is 11.0 Å². The van der Waals surface area contributed by atoms with Gasteiger partial charge >= 0.3 is 6.18 Å². The SMILES string of the molecule is O=CCc1nc2ccc(C(F)(F)F)cc2[nH]1. The first kappa shape index (κ1) is 10.7. The Kier molecular flexibility index (Phi) is 2.41. The Morgan fingerprint density at radius 3 is 2.75 bits per heavy atom. The zero-order valence-electron chi connectivity index (χ0n) is 8.01. The molecule has 0 spiro atoms. The molecule has 0 fully saturated rings. The van der Waals surface area contributed by atoms with E-state index in [1.54, 1.807) is 0 Å². The average Bonchev–Trinajstić information content (AvgIpc) is 2.57. The van der Waals surface area contributed by atoms with E-state index >= 15 is 0 Å². The van der Waals surface area contributed by atoms with Crippen LogP contribution in [0.2, 0.25) is 0 Å². The zero-order chi connectivity index (χ0) is 11.8. The number of aldehydes is 1. The summed E-state index contributed by atoms with van der Waals surface area (Å²) >= 11 is 0. The molecule has 0 aliphatic heterocycles. The van der Waals surface area contributed by atoms with Crippen molar-refractivity contribution in [3.63, 3.8) is 0 Å². The van der Waals surface area contributed by atoms with Crippen LogP contribution in [0, 0.1) is 0 Å². The van der Waals surface area contributed by atoms with Crippen molar-refractivity contribution >= 4 is 17.3 Å². The molecule has 2 aromatic rings. The van der Waals surface area contributed by atoms with Gasteiger partial charge in [0, 0.05) is 0 Å². The number of nitrogens with one attached hydrogen (secondary N) is 1. The van der Waals surface area contributed by atoms with Gasteiger partial charge in [0.15, 0.2) is 0 Å².